The Hall–Kier alpha value is -2.49. The number of carbonyl (C=O) groups excluding carboxylic acids is 3. The Morgan fingerprint density at radius 1 is 0.394 bits per heavy atom. The van der Waals surface area contributed by atoms with Gasteiger partial charge < -0.3 is 34.2 Å². The number of aliphatic hydroxyl groups excluding tert-OH is 2. The molecule has 0 saturated heterocycles. The van der Waals surface area contributed by atoms with Crippen molar-refractivity contribution in [3.8, 4) is 0 Å². The van der Waals surface area contributed by atoms with Gasteiger partial charge in [-0.05, 0) is 83.5 Å². The summed E-state index contributed by atoms with van der Waals surface area (Å²) in [5.41, 5.74) is 0. The lowest BCUT2D eigenvalue weighted by Gasteiger charge is -2.21. The molecule has 5 atom stereocenters. The highest BCUT2D eigenvalue weighted by Crippen LogP contribution is 2.45. The lowest BCUT2D eigenvalue weighted by molar-refractivity contribution is -0.161. The van der Waals surface area contributed by atoms with E-state index in [4.69, 9.17) is 32.3 Å². The van der Waals surface area contributed by atoms with Crippen molar-refractivity contribution >= 4 is 33.6 Å². The van der Waals surface area contributed by atoms with Crippen molar-refractivity contribution < 1.29 is 75.8 Å². The maximum atomic E-state index is 12.8. The van der Waals surface area contributed by atoms with Gasteiger partial charge in [0.05, 0.1) is 26.4 Å². The first-order valence-corrected chi connectivity index (χ1v) is 29.9. The predicted molar refractivity (Wildman–Crippen MR) is 279 cm³/mol. The number of allylic oxidation sites excluding steroid dienone is 8. The molecule has 5 unspecified atom stereocenters. The maximum absolute atomic E-state index is 12.8. The molecule has 0 heterocycles. The summed E-state index contributed by atoms with van der Waals surface area (Å²) < 4.78 is 60.3. The number of esters is 3. The number of phosphoric ester groups is 2. The minimum absolute atomic E-state index is 0.0946. The predicted octanol–water partition coefficient (Wildman–Crippen LogP) is 13.0. The summed E-state index contributed by atoms with van der Waals surface area (Å²) in [4.78, 5) is 57.7. The van der Waals surface area contributed by atoms with Gasteiger partial charge in [0.25, 0.3) is 0 Å². The number of ether oxygens (including phenoxy) is 3. The fourth-order valence-electron chi connectivity index (χ4n) is 6.74. The van der Waals surface area contributed by atoms with E-state index in [0.29, 0.717) is 19.3 Å². The Kier molecular flexibility index (Phi) is 46.8. The van der Waals surface area contributed by atoms with Gasteiger partial charge in [-0.2, -0.15) is 0 Å². The van der Waals surface area contributed by atoms with Gasteiger partial charge in [0.2, 0.25) is 0 Å². The molecule has 414 valence electrons. The highest BCUT2D eigenvalue weighted by atomic mass is 31.2. The molecule has 0 aromatic rings. The standard InChI is InChI=1S/C53H96O16P2/c1-4-7-10-13-16-19-22-23-26-28-30-33-36-39-51(56)63-42-48(54)43-65-70(59,60)66-44-49(55)45-67-71(61,62)68-47-50(69-53(58)41-38-35-32-29-25-21-18-15-12-9-6-3)46-64-52(57)40-37-34-31-27-24-20-17-14-11-8-5-2/h10,13-15,17-19,22,48-50,54-55H,4-9,11-12,16,20-21,23-47H2,1-3H3,(H,59,60)(H,61,62)/b13-10-,17-14-,18-15-,22-19-. The second-order valence-corrected chi connectivity index (χ2v) is 20.9. The van der Waals surface area contributed by atoms with Crippen molar-refractivity contribution in [3.05, 3.63) is 48.6 Å². The number of hydrogen-bond acceptors (Lipinski definition) is 14. The molecule has 4 N–H and O–H groups in total. The van der Waals surface area contributed by atoms with Crippen molar-refractivity contribution in [1.29, 1.82) is 0 Å². The topological polar surface area (TPSA) is 231 Å². The van der Waals surface area contributed by atoms with E-state index in [9.17, 15) is 43.5 Å². The summed E-state index contributed by atoms with van der Waals surface area (Å²) in [6.45, 7) is 2.44. The summed E-state index contributed by atoms with van der Waals surface area (Å²) in [5.74, 6) is -1.61. The average Bonchev–Trinajstić information content (AvgIpc) is 3.34. The van der Waals surface area contributed by atoms with Crippen molar-refractivity contribution in [3.63, 3.8) is 0 Å². The van der Waals surface area contributed by atoms with Crippen LogP contribution in [0.1, 0.15) is 213 Å². The fraction of sp³-hybridized carbons (Fsp3) is 0.792. The molecule has 0 aliphatic heterocycles. The van der Waals surface area contributed by atoms with Crippen LogP contribution in [-0.4, -0.2) is 95.9 Å². The minimum Gasteiger partial charge on any atom is -0.463 e. The fourth-order valence-corrected chi connectivity index (χ4v) is 8.33. The molecular weight excluding hydrogens is 955 g/mol. The molecule has 16 nitrogen and oxygen atoms in total. The van der Waals surface area contributed by atoms with Gasteiger partial charge in [0.15, 0.2) is 6.10 Å². The van der Waals surface area contributed by atoms with E-state index in [1.54, 1.807) is 0 Å². The van der Waals surface area contributed by atoms with Crippen molar-refractivity contribution in [2.45, 2.75) is 232 Å². The molecule has 71 heavy (non-hydrogen) atoms. The lowest BCUT2D eigenvalue weighted by Crippen LogP contribution is -2.30. The maximum Gasteiger partial charge on any atom is 0.472 e. The molecule has 0 spiro atoms. The van der Waals surface area contributed by atoms with Crippen LogP contribution in [0.15, 0.2) is 48.6 Å². The summed E-state index contributed by atoms with van der Waals surface area (Å²) in [6.07, 6.45) is 40.7. The van der Waals surface area contributed by atoms with Crippen LogP contribution in [0.2, 0.25) is 0 Å². The third-order valence-electron chi connectivity index (χ3n) is 11.0. The molecule has 18 heteroatoms. The number of phosphoric acid groups is 2. The third-order valence-corrected chi connectivity index (χ3v) is 12.9. The largest absolute Gasteiger partial charge is 0.472 e. The van der Waals surface area contributed by atoms with E-state index < -0.39 is 91.5 Å². The smallest absolute Gasteiger partial charge is 0.463 e. The molecule has 0 aromatic carbocycles. The molecule has 0 fully saturated rings. The van der Waals surface area contributed by atoms with Gasteiger partial charge in [-0.25, -0.2) is 9.13 Å². The lowest BCUT2D eigenvalue weighted by atomic mass is 10.1. The van der Waals surface area contributed by atoms with Crippen molar-refractivity contribution in [2.24, 2.45) is 0 Å². The third kappa shape index (κ3) is 49.5. The van der Waals surface area contributed by atoms with Gasteiger partial charge in [0, 0.05) is 19.3 Å². The second-order valence-electron chi connectivity index (χ2n) is 18.0. The van der Waals surface area contributed by atoms with Gasteiger partial charge in [-0.1, -0.05) is 159 Å². The number of unbranched alkanes of at least 4 members (excludes halogenated alkanes) is 20. The number of hydrogen-bond donors (Lipinski definition) is 4. The first-order valence-electron chi connectivity index (χ1n) is 26.9. The van der Waals surface area contributed by atoms with Crippen LogP contribution in [0.5, 0.6) is 0 Å². The van der Waals surface area contributed by atoms with Gasteiger partial charge in [-0.15, -0.1) is 0 Å². The zero-order chi connectivity index (χ0) is 52.5. The highest BCUT2D eigenvalue weighted by molar-refractivity contribution is 7.47. The molecule has 0 radical (unpaired) electrons. The van der Waals surface area contributed by atoms with E-state index in [2.05, 4.69) is 69.4 Å². The van der Waals surface area contributed by atoms with Crippen LogP contribution in [0.4, 0.5) is 0 Å². The van der Waals surface area contributed by atoms with E-state index in [1.165, 1.54) is 25.7 Å². The average molecular weight is 1050 g/mol. The Balaban J connectivity index is 4.69. The molecule has 0 aliphatic carbocycles. The van der Waals surface area contributed by atoms with Crippen molar-refractivity contribution in [1.82, 2.24) is 0 Å². The van der Waals surface area contributed by atoms with E-state index >= 15 is 0 Å². The molecule has 0 rings (SSSR count). The molecule has 0 aromatic heterocycles. The number of aliphatic hydroxyl groups is 2. The van der Waals surface area contributed by atoms with E-state index in [1.807, 2.05) is 0 Å². The van der Waals surface area contributed by atoms with Crippen LogP contribution in [0.25, 0.3) is 0 Å². The number of carbonyl (C=O) groups is 3. The first-order chi connectivity index (χ1) is 34.2. The quantitative estimate of drug-likeness (QED) is 0.0146. The molecule has 0 amide bonds. The summed E-state index contributed by atoms with van der Waals surface area (Å²) >= 11 is 0. The Bertz CT molecular complexity index is 1520. The first kappa shape index (κ1) is 68.5. The zero-order valence-corrected chi connectivity index (χ0v) is 45.7. The van der Waals surface area contributed by atoms with Gasteiger partial charge >= 0.3 is 33.6 Å². The van der Waals surface area contributed by atoms with Crippen LogP contribution >= 0.6 is 15.6 Å². The SMILES string of the molecule is CCC/C=C\C/C=C\CCCCCCCC(=O)OCC(O)COP(=O)(O)OCC(O)COP(=O)(O)OCC(COC(=O)CCCCCCC/C=C\CCCC)OC(=O)CCCCCCC/C=C\CCCC. The minimum atomic E-state index is -4.91. The van der Waals surface area contributed by atoms with Gasteiger partial charge in [0.1, 0.15) is 25.4 Å². The van der Waals surface area contributed by atoms with Crippen molar-refractivity contribution in [2.75, 3.05) is 39.6 Å². The second kappa shape index (κ2) is 48.4. The monoisotopic (exact) mass is 1050 g/mol. The Morgan fingerprint density at radius 2 is 0.732 bits per heavy atom. The summed E-state index contributed by atoms with van der Waals surface area (Å²) in [6, 6.07) is 0. The van der Waals surface area contributed by atoms with Crippen LogP contribution in [0, 0.1) is 0 Å². The van der Waals surface area contributed by atoms with Crippen LogP contribution < -0.4 is 0 Å². The normalized spacial score (nSPS) is 15.1. The zero-order valence-electron chi connectivity index (χ0n) is 43.9. The highest BCUT2D eigenvalue weighted by Gasteiger charge is 2.29. The summed E-state index contributed by atoms with van der Waals surface area (Å²) in [7, 11) is -9.74. The molecule has 0 saturated carbocycles. The number of rotatable bonds is 51. The Labute approximate surface area is 428 Å². The van der Waals surface area contributed by atoms with Crippen LogP contribution in [0.3, 0.4) is 0 Å². The Morgan fingerprint density at radius 3 is 1.17 bits per heavy atom. The summed E-state index contributed by atoms with van der Waals surface area (Å²) in [5, 5.41) is 20.3. The van der Waals surface area contributed by atoms with Crippen LogP contribution in [-0.2, 0) is 55.8 Å². The molecule has 0 bridgehead atoms. The molecular formula is C53H96O16P2. The van der Waals surface area contributed by atoms with E-state index in [0.717, 1.165) is 128 Å². The van der Waals surface area contributed by atoms with E-state index in [-0.39, 0.29) is 19.3 Å². The molecule has 0 aliphatic rings. The van der Waals surface area contributed by atoms with Gasteiger partial charge in [-0.3, -0.25) is 32.5 Å².